The summed E-state index contributed by atoms with van der Waals surface area (Å²) >= 11 is 0. The van der Waals surface area contributed by atoms with Gasteiger partial charge in [0.25, 0.3) is 0 Å². The molecule has 0 bridgehead atoms. The topological polar surface area (TPSA) is 67.1 Å². The van der Waals surface area contributed by atoms with E-state index in [1.165, 1.54) is 25.7 Å². The van der Waals surface area contributed by atoms with Crippen LogP contribution < -0.4 is 16.4 Å². The van der Waals surface area contributed by atoms with Crippen LogP contribution in [0.5, 0.6) is 0 Å². The van der Waals surface area contributed by atoms with Gasteiger partial charge in [-0.2, -0.15) is 0 Å². The van der Waals surface area contributed by atoms with Crippen LogP contribution in [0.2, 0.25) is 0 Å². The van der Waals surface area contributed by atoms with E-state index in [1.807, 2.05) is 0 Å². The van der Waals surface area contributed by atoms with Crippen LogP contribution in [0, 0.1) is 5.41 Å². The number of nitrogens with one attached hydrogen (secondary N) is 2. The van der Waals surface area contributed by atoms with E-state index in [0.29, 0.717) is 11.5 Å². The summed E-state index contributed by atoms with van der Waals surface area (Å²) in [5.41, 5.74) is 5.90. The van der Waals surface area contributed by atoms with Crippen molar-refractivity contribution in [2.45, 2.75) is 51.0 Å². The Labute approximate surface area is 97.3 Å². The van der Waals surface area contributed by atoms with Crippen molar-refractivity contribution in [3.63, 3.8) is 0 Å². The molecule has 0 unspecified atom stereocenters. The maximum atomic E-state index is 11.6. The van der Waals surface area contributed by atoms with Gasteiger partial charge in [-0.1, -0.05) is 12.8 Å². The Kier molecular flexibility index (Phi) is 3.69. The minimum atomic E-state index is 0.00944. The molecular weight excluding hydrogens is 202 g/mol. The minimum Gasteiger partial charge on any atom is -0.338 e. The molecule has 0 aromatic carbocycles. The number of nitrogens with two attached hydrogens (primary N) is 1. The van der Waals surface area contributed by atoms with E-state index in [1.54, 1.807) is 0 Å². The van der Waals surface area contributed by atoms with Gasteiger partial charge in [-0.25, -0.2) is 4.79 Å². The van der Waals surface area contributed by atoms with Gasteiger partial charge in [-0.05, 0) is 44.1 Å². The molecule has 2 rings (SSSR count). The van der Waals surface area contributed by atoms with Crippen molar-refractivity contribution in [2.75, 3.05) is 13.1 Å². The second-order valence-electron chi connectivity index (χ2n) is 5.35. The average Bonchev–Trinajstić information content (AvgIpc) is 2.83. The minimum absolute atomic E-state index is 0.00944. The van der Waals surface area contributed by atoms with Crippen molar-refractivity contribution in [3.05, 3.63) is 0 Å². The summed E-state index contributed by atoms with van der Waals surface area (Å²) < 4.78 is 0. The quantitative estimate of drug-likeness (QED) is 0.661. The molecule has 0 heterocycles. The zero-order valence-electron chi connectivity index (χ0n) is 9.93. The fourth-order valence-electron chi connectivity index (χ4n) is 2.57. The predicted molar refractivity (Wildman–Crippen MR) is 64.1 cm³/mol. The van der Waals surface area contributed by atoms with E-state index in [9.17, 15) is 4.79 Å². The largest absolute Gasteiger partial charge is 0.338 e. The third-order valence-corrected chi connectivity index (χ3v) is 3.95. The lowest BCUT2D eigenvalue weighted by Crippen LogP contribution is -2.43. The number of urea groups is 1. The van der Waals surface area contributed by atoms with Crippen LogP contribution in [0.1, 0.15) is 44.9 Å². The lowest BCUT2D eigenvalue weighted by atomic mass is 10.0. The fraction of sp³-hybridized carbons (Fsp3) is 0.917. The van der Waals surface area contributed by atoms with Crippen molar-refractivity contribution in [1.29, 1.82) is 0 Å². The first-order valence-corrected chi connectivity index (χ1v) is 6.49. The van der Waals surface area contributed by atoms with Gasteiger partial charge in [0, 0.05) is 12.6 Å². The van der Waals surface area contributed by atoms with E-state index < -0.39 is 0 Å². The first-order chi connectivity index (χ1) is 7.74. The third kappa shape index (κ3) is 3.11. The van der Waals surface area contributed by atoms with Gasteiger partial charge in [0.1, 0.15) is 0 Å². The molecule has 92 valence electrons. The van der Waals surface area contributed by atoms with Gasteiger partial charge >= 0.3 is 6.03 Å². The average molecular weight is 225 g/mol. The molecule has 4 N–H and O–H groups in total. The smallest absolute Gasteiger partial charge is 0.315 e. The number of amides is 2. The summed E-state index contributed by atoms with van der Waals surface area (Å²) in [6, 6.07) is 0.417. The number of carbonyl (C=O) groups is 1. The van der Waals surface area contributed by atoms with Crippen molar-refractivity contribution in [2.24, 2.45) is 11.1 Å². The zero-order valence-corrected chi connectivity index (χ0v) is 9.93. The number of rotatable bonds is 5. The lowest BCUT2D eigenvalue weighted by Gasteiger charge is -2.17. The first kappa shape index (κ1) is 11.7. The van der Waals surface area contributed by atoms with E-state index in [4.69, 9.17) is 5.73 Å². The molecule has 4 heteroatoms. The highest BCUT2D eigenvalue weighted by Gasteiger charge is 2.41. The molecule has 0 saturated heterocycles. The monoisotopic (exact) mass is 225 g/mol. The molecule has 4 nitrogen and oxygen atoms in total. The lowest BCUT2D eigenvalue weighted by molar-refractivity contribution is 0.234. The van der Waals surface area contributed by atoms with Crippen LogP contribution in [0.3, 0.4) is 0 Å². The van der Waals surface area contributed by atoms with Crippen LogP contribution >= 0.6 is 0 Å². The standard InChI is InChI=1S/C12H23N3O/c13-8-7-12(5-6-12)9-14-11(16)15-10-3-1-2-4-10/h10H,1-9,13H2,(H2,14,15,16). The SMILES string of the molecule is NCCC1(CNC(=O)NC2CCCC2)CC1. The highest BCUT2D eigenvalue weighted by molar-refractivity contribution is 5.74. The van der Waals surface area contributed by atoms with Crippen LogP contribution in [-0.4, -0.2) is 25.2 Å². The Balaban J connectivity index is 1.63. The maximum Gasteiger partial charge on any atom is 0.315 e. The summed E-state index contributed by atoms with van der Waals surface area (Å²) in [4.78, 5) is 11.6. The Morgan fingerprint density at radius 2 is 2.00 bits per heavy atom. The highest BCUT2D eigenvalue weighted by Crippen LogP contribution is 2.47. The molecule has 0 aromatic rings. The molecule has 2 fully saturated rings. The normalized spacial score (nSPS) is 23.1. The molecule has 0 aliphatic heterocycles. The Bertz CT molecular complexity index is 245. The molecule has 2 aliphatic carbocycles. The van der Waals surface area contributed by atoms with Gasteiger partial charge in [0.05, 0.1) is 0 Å². The molecule has 0 spiro atoms. The molecule has 16 heavy (non-hydrogen) atoms. The molecular formula is C12H23N3O. The van der Waals surface area contributed by atoms with E-state index >= 15 is 0 Å². The van der Waals surface area contributed by atoms with Gasteiger partial charge in [-0.15, -0.1) is 0 Å². The van der Waals surface area contributed by atoms with Crippen molar-refractivity contribution in [3.8, 4) is 0 Å². The molecule has 2 saturated carbocycles. The highest BCUT2D eigenvalue weighted by atomic mass is 16.2. The Morgan fingerprint density at radius 3 is 2.56 bits per heavy atom. The summed E-state index contributed by atoms with van der Waals surface area (Å²) in [7, 11) is 0. The molecule has 2 amide bonds. The van der Waals surface area contributed by atoms with Gasteiger partial charge in [-0.3, -0.25) is 0 Å². The van der Waals surface area contributed by atoms with Crippen molar-refractivity contribution >= 4 is 6.03 Å². The molecule has 0 aromatic heterocycles. The fourth-order valence-corrected chi connectivity index (χ4v) is 2.57. The van der Waals surface area contributed by atoms with Crippen LogP contribution in [0.25, 0.3) is 0 Å². The summed E-state index contributed by atoms with van der Waals surface area (Å²) in [5, 5.41) is 6.03. The summed E-state index contributed by atoms with van der Waals surface area (Å²) in [6.07, 6.45) is 8.26. The third-order valence-electron chi connectivity index (χ3n) is 3.95. The number of carbonyl (C=O) groups excluding carboxylic acids is 1. The number of hydrogen-bond acceptors (Lipinski definition) is 2. The van der Waals surface area contributed by atoms with Crippen molar-refractivity contribution < 1.29 is 4.79 Å². The molecule has 2 aliphatic rings. The number of hydrogen-bond donors (Lipinski definition) is 3. The van der Waals surface area contributed by atoms with Crippen LogP contribution in [0.15, 0.2) is 0 Å². The van der Waals surface area contributed by atoms with Crippen molar-refractivity contribution in [1.82, 2.24) is 10.6 Å². The second kappa shape index (κ2) is 5.04. The summed E-state index contributed by atoms with van der Waals surface area (Å²) in [6.45, 7) is 1.52. The van der Waals surface area contributed by atoms with Crippen LogP contribution in [-0.2, 0) is 0 Å². The van der Waals surface area contributed by atoms with E-state index in [2.05, 4.69) is 10.6 Å². The Morgan fingerprint density at radius 1 is 1.31 bits per heavy atom. The predicted octanol–water partition coefficient (Wildman–Crippen LogP) is 1.36. The first-order valence-electron chi connectivity index (χ1n) is 6.49. The summed E-state index contributed by atoms with van der Waals surface area (Å²) in [5.74, 6) is 0. The Hall–Kier alpha value is -0.770. The zero-order chi connectivity index (χ0) is 11.4. The molecule has 0 radical (unpaired) electrons. The van der Waals surface area contributed by atoms with E-state index in [0.717, 1.165) is 32.4 Å². The molecule has 0 atom stereocenters. The van der Waals surface area contributed by atoms with Gasteiger partial charge in [0.2, 0.25) is 0 Å². The second-order valence-corrected chi connectivity index (χ2v) is 5.35. The van der Waals surface area contributed by atoms with E-state index in [-0.39, 0.29) is 6.03 Å². The van der Waals surface area contributed by atoms with Gasteiger partial charge in [0.15, 0.2) is 0 Å². The maximum absolute atomic E-state index is 11.6. The van der Waals surface area contributed by atoms with Crippen LogP contribution in [0.4, 0.5) is 4.79 Å². The van der Waals surface area contributed by atoms with Gasteiger partial charge < -0.3 is 16.4 Å².